The van der Waals surface area contributed by atoms with Crippen LogP contribution in [0.1, 0.15) is 4.88 Å². The Labute approximate surface area is 109 Å². The number of hydrogen-bond acceptors (Lipinski definition) is 2. The van der Waals surface area contributed by atoms with E-state index in [1.165, 1.54) is 16.2 Å². The van der Waals surface area contributed by atoms with Gasteiger partial charge in [-0.05, 0) is 28.1 Å². The van der Waals surface area contributed by atoms with E-state index in [9.17, 15) is 13.2 Å². The summed E-state index contributed by atoms with van der Waals surface area (Å²) in [6.07, 6.45) is -4.18. The standard InChI is InChI=1S/C9H10BrClF3NS/c10-8-2-1-7(16-8)5-15(4-3-11)6-9(12,13)14/h1-2H,3-6H2. The van der Waals surface area contributed by atoms with Gasteiger partial charge in [0.2, 0.25) is 0 Å². The first kappa shape index (κ1) is 14.3. The van der Waals surface area contributed by atoms with Gasteiger partial charge < -0.3 is 0 Å². The van der Waals surface area contributed by atoms with Crippen molar-refractivity contribution in [2.24, 2.45) is 0 Å². The molecule has 1 aromatic rings. The SMILES string of the molecule is FC(F)(F)CN(CCCl)Cc1ccc(Br)s1. The minimum absolute atomic E-state index is 0.197. The lowest BCUT2D eigenvalue weighted by Gasteiger charge is -2.21. The first-order valence-electron chi connectivity index (χ1n) is 4.50. The Hall–Kier alpha value is 0.220. The molecule has 0 atom stereocenters. The molecule has 0 radical (unpaired) electrons. The van der Waals surface area contributed by atoms with Crippen LogP contribution in [0.3, 0.4) is 0 Å². The Bertz CT molecular complexity index is 329. The number of thiophene rings is 1. The Kier molecular flexibility index (Phi) is 5.56. The molecule has 0 unspecified atom stereocenters. The molecule has 0 aliphatic heterocycles. The molecule has 0 amide bonds. The van der Waals surface area contributed by atoms with E-state index < -0.39 is 12.7 Å². The van der Waals surface area contributed by atoms with Crippen LogP contribution in [-0.4, -0.2) is 30.0 Å². The molecule has 0 aliphatic rings. The van der Waals surface area contributed by atoms with Crippen molar-refractivity contribution >= 4 is 38.9 Å². The van der Waals surface area contributed by atoms with Crippen LogP contribution in [0.2, 0.25) is 0 Å². The van der Waals surface area contributed by atoms with E-state index in [0.29, 0.717) is 0 Å². The fourth-order valence-electron chi connectivity index (χ4n) is 1.24. The van der Waals surface area contributed by atoms with E-state index in [-0.39, 0.29) is 19.0 Å². The molecule has 1 rings (SSSR count). The minimum atomic E-state index is -4.18. The Morgan fingerprint density at radius 2 is 2.06 bits per heavy atom. The summed E-state index contributed by atoms with van der Waals surface area (Å²) >= 11 is 10.2. The Morgan fingerprint density at radius 3 is 2.50 bits per heavy atom. The summed E-state index contributed by atoms with van der Waals surface area (Å²) in [5.74, 6) is 0.197. The highest BCUT2D eigenvalue weighted by Crippen LogP contribution is 2.24. The summed E-state index contributed by atoms with van der Waals surface area (Å²) in [6.45, 7) is -0.408. The second kappa shape index (κ2) is 6.23. The summed E-state index contributed by atoms with van der Waals surface area (Å²) in [4.78, 5) is 2.19. The van der Waals surface area contributed by atoms with Crippen LogP contribution in [-0.2, 0) is 6.54 Å². The quantitative estimate of drug-likeness (QED) is 0.731. The van der Waals surface area contributed by atoms with E-state index >= 15 is 0 Å². The topological polar surface area (TPSA) is 3.24 Å². The summed E-state index contributed by atoms with van der Waals surface area (Å²) < 4.78 is 37.7. The van der Waals surface area contributed by atoms with E-state index in [1.54, 1.807) is 0 Å². The van der Waals surface area contributed by atoms with Gasteiger partial charge in [0.25, 0.3) is 0 Å². The molecule has 0 saturated carbocycles. The third-order valence-corrected chi connectivity index (χ3v) is 3.59. The number of halogens is 5. The van der Waals surface area contributed by atoms with Gasteiger partial charge in [-0.25, -0.2) is 0 Å². The predicted octanol–water partition coefficient (Wildman–Crippen LogP) is 4.11. The second-order valence-corrected chi connectivity index (χ2v) is 6.15. The van der Waals surface area contributed by atoms with Gasteiger partial charge in [0.15, 0.2) is 0 Å². The van der Waals surface area contributed by atoms with Crippen LogP contribution in [0, 0.1) is 0 Å². The molecule has 1 aromatic heterocycles. The van der Waals surface area contributed by atoms with E-state index in [1.807, 2.05) is 12.1 Å². The smallest absolute Gasteiger partial charge is 0.289 e. The van der Waals surface area contributed by atoms with Crippen LogP contribution < -0.4 is 0 Å². The maximum atomic E-state index is 12.2. The fraction of sp³-hybridized carbons (Fsp3) is 0.556. The predicted molar refractivity (Wildman–Crippen MR) is 64.1 cm³/mol. The summed E-state index contributed by atoms with van der Waals surface area (Å²) in [5, 5.41) is 0. The Morgan fingerprint density at radius 1 is 1.38 bits per heavy atom. The first-order valence-corrected chi connectivity index (χ1v) is 6.64. The molecule has 16 heavy (non-hydrogen) atoms. The van der Waals surface area contributed by atoms with Crippen molar-refractivity contribution in [2.45, 2.75) is 12.7 Å². The van der Waals surface area contributed by atoms with Crippen molar-refractivity contribution in [1.82, 2.24) is 4.90 Å². The number of alkyl halides is 4. The molecule has 92 valence electrons. The molecule has 7 heteroatoms. The third-order valence-electron chi connectivity index (χ3n) is 1.81. The van der Waals surface area contributed by atoms with E-state index in [4.69, 9.17) is 11.6 Å². The van der Waals surface area contributed by atoms with Gasteiger partial charge >= 0.3 is 6.18 Å². The van der Waals surface area contributed by atoms with Crippen LogP contribution >= 0.6 is 38.9 Å². The molecule has 0 aromatic carbocycles. The molecule has 1 nitrogen and oxygen atoms in total. The maximum absolute atomic E-state index is 12.2. The molecule has 1 heterocycles. The van der Waals surface area contributed by atoms with Gasteiger partial charge in [0.1, 0.15) is 0 Å². The van der Waals surface area contributed by atoms with Crippen molar-refractivity contribution in [1.29, 1.82) is 0 Å². The summed E-state index contributed by atoms with van der Waals surface area (Å²) in [5.41, 5.74) is 0. The van der Waals surface area contributed by atoms with Gasteiger partial charge in [0.05, 0.1) is 10.3 Å². The van der Waals surface area contributed by atoms with Gasteiger partial charge in [-0.3, -0.25) is 4.90 Å². The van der Waals surface area contributed by atoms with Crippen LogP contribution in [0.15, 0.2) is 15.9 Å². The zero-order valence-electron chi connectivity index (χ0n) is 8.23. The molecule has 0 aliphatic carbocycles. The first-order chi connectivity index (χ1) is 7.40. The molecular formula is C9H10BrClF3NS. The highest BCUT2D eigenvalue weighted by molar-refractivity contribution is 9.11. The fourth-order valence-corrected chi connectivity index (χ4v) is 3.01. The average molecular weight is 337 g/mol. The van der Waals surface area contributed by atoms with Gasteiger partial charge in [-0.15, -0.1) is 22.9 Å². The zero-order valence-corrected chi connectivity index (χ0v) is 11.4. The number of rotatable bonds is 5. The number of hydrogen-bond donors (Lipinski definition) is 0. The lowest BCUT2D eigenvalue weighted by Crippen LogP contribution is -2.34. The van der Waals surface area contributed by atoms with Crippen molar-refractivity contribution in [3.05, 3.63) is 20.8 Å². The van der Waals surface area contributed by atoms with Gasteiger partial charge in [0, 0.05) is 23.8 Å². The summed E-state index contributed by atoms with van der Waals surface area (Å²) in [6, 6.07) is 3.64. The van der Waals surface area contributed by atoms with Crippen LogP contribution in [0.4, 0.5) is 13.2 Å². The normalized spacial score (nSPS) is 12.4. The van der Waals surface area contributed by atoms with Gasteiger partial charge in [-0.2, -0.15) is 13.2 Å². The zero-order chi connectivity index (χ0) is 12.2. The highest BCUT2D eigenvalue weighted by atomic mass is 79.9. The molecule has 0 spiro atoms. The van der Waals surface area contributed by atoms with Crippen molar-refractivity contribution in [3.63, 3.8) is 0 Å². The highest BCUT2D eigenvalue weighted by Gasteiger charge is 2.30. The molecule has 0 bridgehead atoms. The van der Waals surface area contributed by atoms with Crippen LogP contribution in [0.5, 0.6) is 0 Å². The third kappa shape index (κ3) is 5.52. The van der Waals surface area contributed by atoms with Crippen molar-refractivity contribution in [2.75, 3.05) is 19.0 Å². The molecule has 0 saturated heterocycles. The minimum Gasteiger partial charge on any atom is -0.289 e. The average Bonchev–Trinajstić information content (AvgIpc) is 2.48. The molecule has 0 N–H and O–H groups in total. The summed E-state index contributed by atoms with van der Waals surface area (Å²) in [7, 11) is 0. The Balaban J connectivity index is 2.57. The lowest BCUT2D eigenvalue weighted by atomic mass is 10.4. The largest absolute Gasteiger partial charge is 0.401 e. The van der Waals surface area contributed by atoms with Gasteiger partial charge in [-0.1, -0.05) is 0 Å². The molecular weight excluding hydrogens is 327 g/mol. The maximum Gasteiger partial charge on any atom is 0.401 e. The monoisotopic (exact) mass is 335 g/mol. The van der Waals surface area contributed by atoms with Crippen molar-refractivity contribution in [3.8, 4) is 0 Å². The van der Waals surface area contributed by atoms with Crippen molar-refractivity contribution < 1.29 is 13.2 Å². The van der Waals surface area contributed by atoms with E-state index in [2.05, 4.69) is 15.9 Å². The second-order valence-electron chi connectivity index (χ2n) is 3.22. The van der Waals surface area contributed by atoms with Crippen LogP contribution in [0.25, 0.3) is 0 Å². The molecule has 0 fully saturated rings. The number of nitrogens with zero attached hydrogens (tertiary/aromatic N) is 1. The van der Waals surface area contributed by atoms with E-state index in [0.717, 1.165) is 8.66 Å². The lowest BCUT2D eigenvalue weighted by molar-refractivity contribution is -0.146.